The fourth-order valence-corrected chi connectivity index (χ4v) is 4.51. The Kier molecular flexibility index (Phi) is 5.79. The van der Waals surface area contributed by atoms with Crippen LogP contribution in [0, 0.1) is 5.82 Å². The zero-order chi connectivity index (χ0) is 24.7. The summed E-state index contributed by atoms with van der Waals surface area (Å²) in [5.74, 6) is -0.625. The van der Waals surface area contributed by atoms with Crippen LogP contribution in [0.15, 0.2) is 42.7 Å². The Hall–Kier alpha value is -3.73. The molecule has 0 aliphatic carbocycles. The van der Waals surface area contributed by atoms with Crippen LogP contribution in [0.2, 0.25) is 0 Å². The zero-order valence-corrected chi connectivity index (χ0v) is 18.6. The minimum atomic E-state index is -4.60. The van der Waals surface area contributed by atoms with E-state index in [4.69, 9.17) is 16.6 Å². The summed E-state index contributed by atoms with van der Waals surface area (Å²) < 4.78 is 54.7. The van der Waals surface area contributed by atoms with Crippen LogP contribution >= 0.6 is 0 Å². The smallest absolute Gasteiger partial charge is 0.398 e. The number of nitrogens with zero attached hydrogens (tertiary/aromatic N) is 4. The average molecular weight is 485 g/mol. The van der Waals surface area contributed by atoms with E-state index < -0.39 is 17.6 Å². The molecule has 4 aromatic rings. The molecule has 1 fully saturated rings. The summed E-state index contributed by atoms with van der Waals surface area (Å²) in [5, 5.41) is 8.77. The largest absolute Gasteiger partial charge is 0.416 e. The summed E-state index contributed by atoms with van der Waals surface area (Å²) in [7, 11) is 0. The zero-order valence-electron chi connectivity index (χ0n) is 18.6. The quantitative estimate of drug-likeness (QED) is 0.293. The van der Waals surface area contributed by atoms with Crippen molar-refractivity contribution in [3.63, 3.8) is 0 Å². The van der Waals surface area contributed by atoms with Crippen LogP contribution in [-0.4, -0.2) is 32.8 Å². The van der Waals surface area contributed by atoms with Crippen molar-refractivity contribution in [2.24, 2.45) is 0 Å². The van der Waals surface area contributed by atoms with E-state index in [-0.39, 0.29) is 18.0 Å². The maximum absolute atomic E-state index is 14.3. The third-order valence-electron chi connectivity index (χ3n) is 6.32. The van der Waals surface area contributed by atoms with Crippen LogP contribution < -0.4 is 16.8 Å². The van der Waals surface area contributed by atoms with E-state index in [1.165, 1.54) is 6.33 Å². The van der Waals surface area contributed by atoms with Crippen molar-refractivity contribution in [2.75, 3.05) is 24.6 Å². The van der Waals surface area contributed by atoms with Gasteiger partial charge in [0.1, 0.15) is 23.7 Å². The molecule has 7 nitrogen and oxygen atoms in total. The molecule has 5 rings (SSSR count). The number of nitrogens with two attached hydrogens (primary N) is 2. The first-order valence-corrected chi connectivity index (χ1v) is 11.2. The summed E-state index contributed by atoms with van der Waals surface area (Å²) in [6, 6.07) is 7.86. The maximum Gasteiger partial charge on any atom is 0.416 e. The van der Waals surface area contributed by atoms with E-state index in [1.54, 1.807) is 18.2 Å². The Morgan fingerprint density at radius 3 is 2.49 bits per heavy atom. The first kappa shape index (κ1) is 23.0. The highest BCUT2D eigenvalue weighted by atomic mass is 19.4. The van der Waals surface area contributed by atoms with Gasteiger partial charge in [0.25, 0.3) is 0 Å². The molecule has 0 atom stereocenters. The van der Waals surface area contributed by atoms with Gasteiger partial charge in [0, 0.05) is 17.7 Å². The normalized spacial score (nSPS) is 15.1. The fourth-order valence-electron chi connectivity index (χ4n) is 4.51. The predicted octanol–water partition coefficient (Wildman–Crippen LogP) is 4.33. The lowest BCUT2D eigenvalue weighted by Crippen LogP contribution is -2.30. The number of aromatic nitrogens is 4. The monoisotopic (exact) mass is 485 g/mol. The van der Waals surface area contributed by atoms with Gasteiger partial charge < -0.3 is 16.8 Å². The van der Waals surface area contributed by atoms with Gasteiger partial charge in [0.2, 0.25) is 0 Å². The molecule has 11 heteroatoms. The second kappa shape index (κ2) is 8.81. The number of benzene rings is 2. The lowest BCUT2D eigenvalue weighted by Gasteiger charge is -2.23. The van der Waals surface area contributed by atoms with Crippen molar-refractivity contribution in [3.05, 3.63) is 65.2 Å². The van der Waals surface area contributed by atoms with E-state index in [2.05, 4.69) is 15.3 Å². The van der Waals surface area contributed by atoms with E-state index in [0.717, 1.165) is 38.1 Å². The Bertz CT molecular complexity index is 1390. The number of halogens is 4. The van der Waals surface area contributed by atoms with Gasteiger partial charge in [-0.25, -0.2) is 19.0 Å². The third-order valence-corrected chi connectivity index (χ3v) is 6.32. The Morgan fingerprint density at radius 1 is 1.03 bits per heavy atom. The summed E-state index contributed by atoms with van der Waals surface area (Å²) in [5.41, 5.74) is 14.5. The molecule has 2 aromatic carbocycles. The third kappa shape index (κ3) is 4.39. The fraction of sp³-hybridized carbons (Fsp3) is 0.292. The highest BCUT2D eigenvalue weighted by Gasteiger charge is 2.31. The number of anilines is 2. The molecule has 0 radical (unpaired) electrons. The Balaban J connectivity index is 1.50. The SMILES string of the molecule is Nc1cc(Cc2ccc(C(F)(F)F)cc2F)ccc1-c1nn(C2CCNCC2)c2ncnc(N)c12. The first-order valence-electron chi connectivity index (χ1n) is 11.2. The molecule has 0 bridgehead atoms. The molecule has 0 amide bonds. The molecule has 1 aliphatic rings. The highest BCUT2D eigenvalue weighted by molar-refractivity contribution is 6.00. The average Bonchev–Trinajstić information content (AvgIpc) is 3.21. The lowest BCUT2D eigenvalue weighted by atomic mass is 9.99. The van der Waals surface area contributed by atoms with Gasteiger partial charge in [-0.1, -0.05) is 18.2 Å². The van der Waals surface area contributed by atoms with Gasteiger partial charge in [-0.3, -0.25) is 0 Å². The molecular formula is C24H23F4N7. The van der Waals surface area contributed by atoms with Crippen molar-refractivity contribution in [1.82, 2.24) is 25.1 Å². The summed E-state index contributed by atoms with van der Waals surface area (Å²) >= 11 is 0. The van der Waals surface area contributed by atoms with Crippen molar-refractivity contribution >= 4 is 22.5 Å². The Morgan fingerprint density at radius 2 is 1.80 bits per heavy atom. The van der Waals surface area contributed by atoms with Crippen LogP contribution in [-0.2, 0) is 12.6 Å². The molecule has 2 aromatic heterocycles. The molecule has 1 saturated heterocycles. The maximum atomic E-state index is 14.3. The standard InChI is InChI=1S/C24H23F4N7/c25-18-11-15(24(26,27)28)3-2-14(18)9-13-1-4-17(19(29)10-13)21-20-22(30)32-12-33-23(20)35(34-21)16-5-7-31-8-6-16/h1-4,10-12,16,31H,5-9,29H2,(H2,30,32,33). The van der Waals surface area contributed by atoms with E-state index in [0.29, 0.717) is 45.4 Å². The number of hydrogen-bond acceptors (Lipinski definition) is 6. The van der Waals surface area contributed by atoms with Gasteiger partial charge in [0.05, 0.1) is 17.0 Å². The molecule has 182 valence electrons. The highest BCUT2D eigenvalue weighted by Crippen LogP contribution is 2.37. The summed E-state index contributed by atoms with van der Waals surface area (Å²) in [6.45, 7) is 1.75. The number of nitrogens with one attached hydrogen (secondary N) is 1. The number of fused-ring (bicyclic) bond motifs is 1. The van der Waals surface area contributed by atoms with E-state index in [1.807, 2.05) is 4.68 Å². The molecule has 1 aliphatic heterocycles. The second-order valence-corrected chi connectivity index (χ2v) is 8.63. The van der Waals surface area contributed by atoms with Gasteiger partial charge in [-0.05, 0) is 55.3 Å². The van der Waals surface area contributed by atoms with Crippen molar-refractivity contribution < 1.29 is 17.6 Å². The summed E-state index contributed by atoms with van der Waals surface area (Å²) in [4.78, 5) is 8.55. The van der Waals surface area contributed by atoms with E-state index in [9.17, 15) is 17.6 Å². The van der Waals surface area contributed by atoms with Gasteiger partial charge in [-0.2, -0.15) is 18.3 Å². The number of hydrogen-bond donors (Lipinski definition) is 3. The Labute approximate surface area is 198 Å². The minimum absolute atomic E-state index is 0.0873. The predicted molar refractivity (Wildman–Crippen MR) is 125 cm³/mol. The first-order chi connectivity index (χ1) is 16.7. The van der Waals surface area contributed by atoms with Crippen LogP contribution in [0.3, 0.4) is 0 Å². The number of alkyl halides is 3. The van der Waals surface area contributed by atoms with Crippen LogP contribution in [0.4, 0.5) is 29.1 Å². The van der Waals surface area contributed by atoms with Crippen molar-refractivity contribution in [3.8, 4) is 11.3 Å². The van der Waals surface area contributed by atoms with Crippen LogP contribution in [0.1, 0.15) is 35.6 Å². The number of nitrogen functional groups attached to an aromatic ring is 2. The van der Waals surface area contributed by atoms with Crippen molar-refractivity contribution in [1.29, 1.82) is 0 Å². The molecule has 0 unspecified atom stereocenters. The van der Waals surface area contributed by atoms with Crippen molar-refractivity contribution in [2.45, 2.75) is 31.5 Å². The molecular weight excluding hydrogens is 462 g/mol. The molecule has 3 heterocycles. The van der Waals surface area contributed by atoms with Crippen LogP contribution in [0.25, 0.3) is 22.3 Å². The number of rotatable bonds is 4. The molecule has 0 spiro atoms. The van der Waals surface area contributed by atoms with Crippen LogP contribution in [0.5, 0.6) is 0 Å². The van der Waals surface area contributed by atoms with Gasteiger partial charge >= 0.3 is 6.18 Å². The second-order valence-electron chi connectivity index (χ2n) is 8.63. The van der Waals surface area contributed by atoms with E-state index >= 15 is 0 Å². The topological polar surface area (TPSA) is 108 Å². The number of piperidine rings is 1. The minimum Gasteiger partial charge on any atom is -0.398 e. The summed E-state index contributed by atoms with van der Waals surface area (Å²) in [6.07, 6.45) is -1.31. The van der Waals surface area contributed by atoms with Gasteiger partial charge in [0.15, 0.2) is 5.65 Å². The lowest BCUT2D eigenvalue weighted by molar-refractivity contribution is -0.137. The molecule has 0 saturated carbocycles. The van der Waals surface area contributed by atoms with Gasteiger partial charge in [-0.15, -0.1) is 0 Å². The molecule has 5 N–H and O–H groups in total. The molecule has 35 heavy (non-hydrogen) atoms.